The minimum absolute atomic E-state index is 0.0596. The summed E-state index contributed by atoms with van der Waals surface area (Å²) in [5, 5.41) is 2.54. The van der Waals surface area contributed by atoms with Crippen molar-refractivity contribution in [1.82, 2.24) is 10.3 Å². The molecule has 1 fully saturated rings. The molecule has 1 unspecified atom stereocenters. The highest BCUT2D eigenvalue weighted by Crippen LogP contribution is 2.35. The van der Waals surface area contributed by atoms with E-state index in [1.807, 2.05) is 24.3 Å². The van der Waals surface area contributed by atoms with Gasteiger partial charge in [-0.3, -0.25) is 4.79 Å². The molecule has 4 rings (SSSR count). The summed E-state index contributed by atoms with van der Waals surface area (Å²) in [6, 6.07) is 11.9. The van der Waals surface area contributed by atoms with Crippen LogP contribution in [-0.4, -0.2) is 30.0 Å². The largest absolute Gasteiger partial charge is 0.423 e. The number of oxazole rings is 1. The van der Waals surface area contributed by atoms with Crippen molar-refractivity contribution in [2.24, 2.45) is 0 Å². The van der Waals surface area contributed by atoms with Gasteiger partial charge in [-0.05, 0) is 49.1 Å². The van der Waals surface area contributed by atoms with Crippen LogP contribution in [0.4, 0.5) is 19.2 Å². The standard InChI is InChI=1S/C22H21ClF3N3O2/c23-17-9-7-14(12-16(17)22(24,25)26)8-10-20(30)27-13-15-4-3-11-29(15)21-28-18-5-1-2-6-19(18)31-21/h1-2,5-7,9,12,15H,3-4,8,10-11,13H2,(H,27,30). The zero-order valence-electron chi connectivity index (χ0n) is 16.6. The van der Waals surface area contributed by atoms with Gasteiger partial charge >= 0.3 is 6.18 Å². The second-order valence-corrected chi connectivity index (χ2v) is 7.98. The van der Waals surface area contributed by atoms with Gasteiger partial charge < -0.3 is 14.6 Å². The third-order valence-corrected chi connectivity index (χ3v) is 5.75. The van der Waals surface area contributed by atoms with Gasteiger partial charge in [0.25, 0.3) is 6.01 Å². The van der Waals surface area contributed by atoms with Crippen molar-refractivity contribution in [3.8, 4) is 0 Å². The number of rotatable bonds is 6. The molecular weight excluding hydrogens is 431 g/mol. The second-order valence-electron chi connectivity index (χ2n) is 7.57. The summed E-state index contributed by atoms with van der Waals surface area (Å²) in [5.41, 5.74) is 1.04. The van der Waals surface area contributed by atoms with Crippen LogP contribution in [0.25, 0.3) is 11.1 Å². The van der Waals surface area contributed by atoms with Crippen LogP contribution >= 0.6 is 11.6 Å². The molecule has 0 saturated carbocycles. The summed E-state index contributed by atoms with van der Waals surface area (Å²) < 4.78 is 44.8. The Labute approximate surface area is 182 Å². The van der Waals surface area contributed by atoms with Gasteiger partial charge in [-0.2, -0.15) is 18.2 Å². The van der Waals surface area contributed by atoms with Crippen LogP contribution in [0.3, 0.4) is 0 Å². The van der Waals surface area contributed by atoms with Gasteiger partial charge in [0.05, 0.1) is 16.6 Å². The number of nitrogens with one attached hydrogen (secondary N) is 1. The maximum absolute atomic E-state index is 13.0. The number of amides is 1. The Morgan fingerprint density at radius 3 is 2.84 bits per heavy atom. The Hall–Kier alpha value is -2.74. The number of nitrogens with zero attached hydrogens (tertiary/aromatic N) is 2. The number of carbonyl (C=O) groups is 1. The molecule has 9 heteroatoms. The van der Waals surface area contributed by atoms with E-state index in [-0.39, 0.29) is 29.8 Å². The molecule has 1 amide bonds. The molecule has 2 heterocycles. The van der Waals surface area contributed by atoms with Gasteiger partial charge in [0.2, 0.25) is 5.91 Å². The molecule has 1 saturated heterocycles. The van der Waals surface area contributed by atoms with Gasteiger partial charge in [-0.15, -0.1) is 0 Å². The van der Waals surface area contributed by atoms with Crippen molar-refractivity contribution in [1.29, 1.82) is 0 Å². The van der Waals surface area contributed by atoms with E-state index in [0.717, 1.165) is 31.0 Å². The highest BCUT2D eigenvalue weighted by Gasteiger charge is 2.33. The molecule has 164 valence electrons. The Bertz CT molecular complexity index is 1050. The van der Waals surface area contributed by atoms with E-state index in [0.29, 0.717) is 23.7 Å². The fourth-order valence-electron chi connectivity index (χ4n) is 3.81. The molecular formula is C22H21ClF3N3O2. The maximum atomic E-state index is 13.0. The van der Waals surface area contributed by atoms with E-state index in [1.165, 1.54) is 12.1 Å². The third kappa shape index (κ3) is 4.95. The normalized spacial score (nSPS) is 16.8. The van der Waals surface area contributed by atoms with Crippen LogP contribution in [-0.2, 0) is 17.4 Å². The average Bonchev–Trinajstić information content (AvgIpc) is 3.37. The first-order chi connectivity index (χ1) is 14.8. The lowest BCUT2D eigenvalue weighted by atomic mass is 10.1. The summed E-state index contributed by atoms with van der Waals surface area (Å²) >= 11 is 5.64. The summed E-state index contributed by atoms with van der Waals surface area (Å²) in [7, 11) is 0. The number of aromatic nitrogens is 1. The van der Waals surface area contributed by atoms with Crippen LogP contribution in [0.5, 0.6) is 0 Å². The van der Waals surface area contributed by atoms with Crippen molar-refractivity contribution in [2.45, 2.75) is 37.9 Å². The molecule has 5 nitrogen and oxygen atoms in total. The van der Waals surface area contributed by atoms with E-state index < -0.39 is 11.7 Å². The fraction of sp³-hybridized carbons (Fsp3) is 0.364. The number of benzene rings is 2. The van der Waals surface area contributed by atoms with E-state index in [4.69, 9.17) is 16.0 Å². The first-order valence-corrected chi connectivity index (χ1v) is 10.4. The average molecular weight is 452 g/mol. The number of hydrogen-bond acceptors (Lipinski definition) is 4. The number of carbonyl (C=O) groups excluding carboxylic acids is 1. The fourth-order valence-corrected chi connectivity index (χ4v) is 4.03. The lowest BCUT2D eigenvalue weighted by Crippen LogP contribution is -2.40. The van der Waals surface area contributed by atoms with Crippen LogP contribution in [0.15, 0.2) is 46.9 Å². The predicted octanol–water partition coefficient (Wildman–Crippen LogP) is 5.22. The van der Waals surface area contributed by atoms with Gasteiger partial charge in [0, 0.05) is 19.5 Å². The maximum Gasteiger partial charge on any atom is 0.417 e. The molecule has 31 heavy (non-hydrogen) atoms. The van der Waals surface area contributed by atoms with Crippen molar-refractivity contribution in [3.05, 3.63) is 58.6 Å². The molecule has 0 bridgehead atoms. The number of alkyl halides is 3. The summed E-state index contributed by atoms with van der Waals surface area (Å²) in [5.74, 6) is -0.215. The van der Waals surface area contributed by atoms with Gasteiger partial charge in [0.15, 0.2) is 5.58 Å². The molecule has 1 aliphatic heterocycles. The number of anilines is 1. The molecule has 0 spiro atoms. The van der Waals surface area contributed by atoms with Crippen molar-refractivity contribution in [2.75, 3.05) is 18.0 Å². The number of aryl methyl sites for hydroxylation is 1. The van der Waals surface area contributed by atoms with Gasteiger partial charge in [0.1, 0.15) is 5.52 Å². The molecule has 3 aromatic rings. The predicted molar refractivity (Wildman–Crippen MR) is 112 cm³/mol. The lowest BCUT2D eigenvalue weighted by Gasteiger charge is -2.23. The number of hydrogen-bond donors (Lipinski definition) is 1. The van der Waals surface area contributed by atoms with E-state index >= 15 is 0 Å². The molecule has 0 aliphatic carbocycles. The number of halogens is 4. The second kappa shape index (κ2) is 8.78. The van der Waals surface area contributed by atoms with E-state index in [1.54, 1.807) is 0 Å². The zero-order valence-corrected chi connectivity index (χ0v) is 17.3. The minimum Gasteiger partial charge on any atom is -0.423 e. The third-order valence-electron chi connectivity index (χ3n) is 5.42. The monoisotopic (exact) mass is 451 g/mol. The Kier molecular flexibility index (Phi) is 6.09. The molecule has 1 N–H and O–H groups in total. The SMILES string of the molecule is O=C(CCc1ccc(Cl)c(C(F)(F)F)c1)NCC1CCCN1c1nc2ccccc2o1. The van der Waals surface area contributed by atoms with Gasteiger partial charge in [-0.25, -0.2) is 0 Å². The van der Waals surface area contributed by atoms with Crippen LogP contribution in [0.1, 0.15) is 30.4 Å². The van der Waals surface area contributed by atoms with E-state index in [9.17, 15) is 18.0 Å². The summed E-state index contributed by atoms with van der Waals surface area (Å²) in [6.45, 7) is 1.21. The Morgan fingerprint density at radius 1 is 1.26 bits per heavy atom. The molecule has 1 atom stereocenters. The van der Waals surface area contributed by atoms with Crippen molar-refractivity contribution >= 4 is 34.6 Å². The first-order valence-electron chi connectivity index (χ1n) is 10.1. The summed E-state index contributed by atoms with van der Waals surface area (Å²) in [6.07, 6.45) is -2.37. The highest BCUT2D eigenvalue weighted by molar-refractivity contribution is 6.31. The number of fused-ring (bicyclic) bond motifs is 1. The first kappa shape index (κ1) is 21.5. The van der Waals surface area contributed by atoms with Crippen molar-refractivity contribution < 1.29 is 22.4 Å². The zero-order chi connectivity index (χ0) is 22.0. The highest BCUT2D eigenvalue weighted by atomic mass is 35.5. The Balaban J connectivity index is 1.32. The summed E-state index contributed by atoms with van der Waals surface area (Å²) in [4.78, 5) is 18.9. The number of para-hydroxylation sites is 2. The molecule has 0 radical (unpaired) electrons. The van der Waals surface area contributed by atoms with Crippen LogP contribution < -0.4 is 10.2 Å². The quantitative estimate of drug-likeness (QED) is 0.558. The van der Waals surface area contributed by atoms with Crippen molar-refractivity contribution in [3.63, 3.8) is 0 Å². The minimum atomic E-state index is -4.52. The Morgan fingerprint density at radius 2 is 2.06 bits per heavy atom. The van der Waals surface area contributed by atoms with Gasteiger partial charge in [-0.1, -0.05) is 29.8 Å². The van der Waals surface area contributed by atoms with Crippen LogP contribution in [0, 0.1) is 0 Å². The topological polar surface area (TPSA) is 58.4 Å². The molecule has 1 aliphatic rings. The smallest absolute Gasteiger partial charge is 0.417 e. The van der Waals surface area contributed by atoms with Crippen LogP contribution in [0.2, 0.25) is 5.02 Å². The molecule has 1 aromatic heterocycles. The molecule has 2 aromatic carbocycles. The lowest BCUT2D eigenvalue weighted by molar-refractivity contribution is -0.137. The van der Waals surface area contributed by atoms with E-state index in [2.05, 4.69) is 15.2 Å².